The molecule has 27 nitrogen and oxygen atoms in total. The van der Waals surface area contributed by atoms with E-state index in [-0.39, 0.29) is 78.7 Å². The van der Waals surface area contributed by atoms with Crippen LogP contribution in [0.1, 0.15) is 22.3 Å². The maximum atomic E-state index is 13.5. The number of ether oxygens (including phenoxy) is 4. The Hall–Kier alpha value is -9.21. The van der Waals surface area contributed by atoms with E-state index in [0.717, 1.165) is 12.1 Å². The van der Waals surface area contributed by atoms with Gasteiger partial charge in [-0.2, -0.15) is 54.1 Å². The van der Waals surface area contributed by atoms with E-state index < -0.39 is 66.1 Å². The van der Waals surface area contributed by atoms with Gasteiger partial charge in [0.25, 0.3) is 40.5 Å². The van der Waals surface area contributed by atoms with Crippen LogP contribution in [-0.4, -0.2) is 86.4 Å². The lowest BCUT2D eigenvalue weighted by atomic mass is 10.1. The van der Waals surface area contributed by atoms with E-state index in [1.165, 1.54) is 89.1 Å². The number of benzene rings is 8. The van der Waals surface area contributed by atoms with Gasteiger partial charge in [-0.05, 0) is 134 Å². The van der Waals surface area contributed by atoms with Gasteiger partial charge in [-0.3, -0.25) is 18.2 Å². The number of amides is 2. The van der Waals surface area contributed by atoms with Crippen LogP contribution in [0.3, 0.4) is 0 Å². The lowest BCUT2D eigenvalue weighted by Gasteiger charge is -2.14. The van der Waals surface area contributed by atoms with Gasteiger partial charge in [-0.1, -0.05) is 12.1 Å². The maximum absolute atomic E-state index is 13.5. The zero-order valence-corrected chi connectivity index (χ0v) is 48.5. The highest BCUT2D eigenvalue weighted by atomic mass is 32.2. The van der Waals surface area contributed by atoms with Crippen molar-refractivity contribution in [3.8, 4) is 23.0 Å². The van der Waals surface area contributed by atoms with Crippen molar-refractivity contribution in [3.05, 3.63) is 131 Å². The number of urea groups is 1. The smallest absolute Gasteiger partial charge is 0.323 e. The third-order valence-corrected chi connectivity index (χ3v) is 16.0. The molecular weight excluding hydrogens is 1180 g/mol. The van der Waals surface area contributed by atoms with Gasteiger partial charge < -0.3 is 29.6 Å². The number of hydrogen-bond donors (Lipinski definition) is 6. The van der Waals surface area contributed by atoms with Crippen LogP contribution in [0.15, 0.2) is 170 Å². The van der Waals surface area contributed by atoms with Gasteiger partial charge in [0.1, 0.15) is 55.5 Å². The molecule has 8 aromatic rings. The normalized spacial score (nSPS) is 12.5. The largest absolute Gasteiger partial charge is 0.494 e. The van der Waals surface area contributed by atoms with Gasteiger partial charge in [0.15, 0.2) is 0 Å². The van der Waals surface area contributed by atoms with Crippen LogP contribution in [-0.2, 0) is 40.5 Å². The minimum atomic E-state index is -4.95. The van der Waals surface area contributed by atoms with E-state index >= 15 is 0 Å². The molecular formula is C53H48N10O17S4. The first-order valence-electron chi connectivity index (χ1n) is 24.0. The number of aryl methyl sites for hydroxylation is 4. The van der Waals surface area contributed by atoms with Crippen LogP contribution in [0.2, 0.25) is 0 Å². The van der Waals surface area contributed by atoms with Gasteiger partial charge in [0, 0.05) is 46.4 Å². The van der Waals surface area contributed by atoms with Crippen LogP contribution in [0.5, 0.6) is 23.0 Å². The number of fused-ring (bicyclic) bond motifs is 2. The number of hydrogen-bond acceptors (Lipinski definition) is 21. The standard InChI is InChI=1S/C53H48N10O17S4/c1-27-15-41(58-62-45-25-47(77-5)43(23-49(45)79-7)60-56-33-11-9-31-17-35(81(65,66)67)21-51(37(31)19-33)83(71,72)73)29(3)13-39(27)54-53(64)55-40-14-30(4)42(16-28(40)2)59-63-46-26-48(78-6)44(24-50(46)80-8)61-57-34-12-10-32-18-36(82(68,69)70)22-52(38(32)20-34)84(74,75)76/h9-26H,1-8H3,(H2,54,55,64)(H,65,66,67)(H,68,69,70)(H,71,72,73)(H,74,75,76). The Morgan fingerprint density at radius 2 is 0.679 bits per heavy atom. The SMILES string of the molecule is COc1cc(N=Nc2cc(C)c(NC(=O)Nc3cc(C)c(N=Nc4cc(OC)c(N=Nc5ccc6cc(S(=O)(=O)O)cc(S(=O)(=O)O)c6c5)cc4OC)cc3C)cc2C)c(OC)cc1N=Nc1ccc2cc(S(=O)(=O)O)cc(S(=O)(=O)O)c2c1. The number of azo groups is 4. The number of methoxy groups -OCH3 is 4. The van der Waals surface area contributed by atoms with Crippen LogP contribution >= 0.6 is 0 Å². The van der Waals surface area contributed by atoms with Crippen LogP contribution in [0.25, 0.3) is 21.5 Å². The molecule has 0 atom stereocenters. The fraction of sp³-hybridized carbons (Fsp3) is 0.151. The van der Waals surface area contributed by atoms with Crippen molar-refractivity contribution in [2.45, 2.75) is 47.3 Å². The molecule has 0 radical (unpaired) electrons. The summed E-state index contributed by atoms with van der Waals surface area (Å²) in [4.78, 5) is 10.4. The monoisotopic (exact) mass is 1220 g/mol. The molecule has 0 aliphatic carbocycles. The van der Waals surface area contributed by atoms with E-state index in [0.29, 0.717) is 57.1 Å². The number of anilines is 2. The molecule has 8 rings (SSSR count). The summed E-state index contributed by atoms with van der Waals surface area (Å²) in [5, 5.41) is 40.3. The molecule has 0 aliphatic rings. The Morgan fingerprint density at radius 3 is 0.976 bits per heavy atom. The van der Waals surface area contributed by atoms with Crippen LogP contribution in [0, 0.1) is 27.7 Å². The second-order valence-electron chi connectivity index (χ2n) is 18.2. The molecule has 31 heteroatoms. The predicted molar refractivity (Wildman–Crippen MR) is 307 cm³/mol. The summed E-state index contributed by atoms with van der Waals surface area (Å²) in [6, 6.07) is 23.7. The van der Waals surface area contributed by atoms with Crippen molar-refractivity contribution in [2.24, 2.45) is 40.9 Å². The highest BCUT2D eigenvalue weighted by Gasteiger charge is 2.23. The Bertz CT molecular complexity index is 4350. The third-order valence-electron chi connectivity index (χ3n) is 12.5. The number of carbonyl (C=O) groups excluding carboxylic acids is 1. The lowest BCUT2D eigenvalue weighted by Crippen LogP contribution is -2.20. The summed E-state index contributed by atoms with van der Waals surface area (Å²) in [5.74, 6) is 0.821. The first kappa shape index (κ1) is 60.9. The van der Waals surface area contributed by atoms with Crippen molar-refractivity contribution >= 4 is 125 Å². The van der Waals surface area contributed by atoms with Crippen molar-refractivity contribution < 1.29 is 75.6 Å². The van der Waals surface area contributed by atoms with E-state index in [2.05, 4.69) is 51.5 Å². The van der Waals surface area contributed by atoms with Crippen LogP contribution < -0.4 is 29.6 Å². The summed E-state index contributed by atoms with van der Waals surface area (Å²) in [5.41, 5.74) is 5.53. The van der Waals surface area contributed by atoms with Gasteiger partial charge in [0.2, 0.25) is 0 Å². The Kier molecular flexibility index (Phi) is 17.4. The topological polar surface area (TPSA) is 394 Å². The summed E-state index contributed by atoms with van der Waals surface area (Å²) in [7, 11) is -14.0. The molecule has 0 bridgehead atoms. The molecule has 0 fully saturated rings. The number of nitrogens with zero attached hydrogens (tertiary/aromatic N) is 8. The molecule has 0 spiro atoms. The second kappa shape index (κ2) is 23.9. The number of rotatable bonds is 18. The average molecular weight is 1230 g/mol. The first-order valence-corrected chi connectivity index (χ1v) is 29.8. The fourth-order valence-electron chi connectivity index (χ4n) is 8.26. The van der Waals surface area contributed by atoms with Crippen LogP contribution in [0.4, 0.5) is 61.7 Å². The third kappa shape index (κ3) is 13.8. The van der Waals surface area contributed by atoms with Crippen molar-refractivity contribution in [1.29, 1.82) is 0 Å². The molecule has 8 aromatic carbocycles. The molecule has 0 aromatic heterocycles. The first-order chi connectivity index (χ1) is 39.5. The highest BCUT2D eigenvalue weighted by molar-refractivity contribution is 7.87. The molecule has 0 unspecified atom stereocenters. The van der Waals surface area contributed by atoms with Crippen molar-refractivity contribution in [3.63, 3.8) is 0 Å². The average Bonchev–Trinajstić information content (AvgIpc) is 1.92. The fourth-order valence-corrected chi connectivity index (χ4v) is 11.0. The quantitative estimate of drug-likeness (QED) is 0.0343. The molecule has 2 amide bonds. The van der Waals surface area contributed by atoms with Gasteiger partial charge in [0.05, 0.1) is 61.0 Å². The molecule has 0 heterocycles. The molecule has 0 aliphatic heterocycles. The number of nitrogens with one attached hydrogen (secondary N) is 2. The van der Waals surface area contributed by atoms with Gasteiger partial charge >= 0.3 is 6.03 Å². The van der Waals surface area contributed by atoms with E-state index in [1.54, 1.807) is 52.0 Å². The van der Waals surface area contributed by atoms with Gasteiger partial charge in [-0.15, -0.1) is 20.5 Å². The van der Waals surface area contributed by atoms with E-state index in [9.17, 15) is 56.7 Å². The number of carbonyl (C=O) groups is 1. The minimum absolute atomic E-state index is 0.0685. The summed E-state index contributed by atoms with van der Waals surface area (Å²) in [6.07, 6.45) is 0. The molecule has 6 N–H and O–H groups in total. The zero-order valence-electron chi connectivity index (χ0n) is 45.2. The molecule has 436 valence electrons. The maximum Gasteiger partial charge on any atom is 0.323 e. The summed E-state index contributed by atoms with van der Waals surface area (Å²) < 4.78 is 157. The zero-order chi connectivity index (χ0) is 61.2. The Morgan fingerprint density at radius 1 is 0.369 bits per heavy atom. The lowest BCUT2D eigenvalue weighted by molar-refractivity contribution is 0.262. The van der Waals surface area contributed by atoms with Crippen molar-refractivity contribution in [1.82, 2.24) is 0 Å². The van der Waals surface area contributed by atoms with E-state index in [4.69, 9.17) is 18.9 Å². The minimum Gasteiger partial charge on any atom is -0.494 e. The second-order valence-corrected chi connectivity index (χ2v) is 23.9. The molecule has 0 saturated carbocycles. The molecule has 0 saturated heterocycles. The predicted octanol–water partition coefficient (Wildman–Crippen LogP) is 13.6. The Labute approximate surface area is 479 Å². The van der Waals surface area contributed by atoms with Gasteiger partial charge in [-0.25, -0.2) is 4.79 Å². The van der Waals surface area contributed by atoms with Crippen molar-refractivity contribution in [2.75, 3.05) is 39.1 Å². The summed E-state index contributed by atoms with van der Waals surface area (Å²) in [6.45, 7) is 7.11. The summed E-state index contributed by atoms with van der Waals surface area (Å²) >= 11 is 0. The molecule has 84 heavy (non-hydrogen) atoms. The highest BCUT2D eigenvalue weighted by Crippen LogP contribution is 2.44. The Balaban J connectivity index is 0.944. The van der Waals surface area contributed by atoms with E-state index in [1.807, 2.05) is 0 Å².